The highest BCUT2D eigenvalue weighted by Gasteiger charge is 2.46. The van der Waals surface area contributed by atoms with Gasteiger partial charge >= 0.3 is 7.60 Å². The summed E-state index contributed by atoms with van der Waals surface area (Å²) in [4.78, 5) is 16.9. The molecule has 160 valence electrons. The smallest absolute Gasteiger partial charge is 0.416 e. The maximum atomic E-state index is 14.2. The zero-order valence-corrected chi connectivity index (χ0v) is 18.0. The average Bonchev–Trinajstić information content (AvgIpc) is 2.81. The van der Waals surface area contributed by atoms with Crippen LogP contribution in [0.25, 0.3) is 0 Å². The molecule has 2 atom stereocenters. The first kappa shape index (κ1) is 21.1. The number of aromatic nitrogens is 1. The van der Waals surface area contributed by atoms with Crippen LogP contribution in [-0.2, 0) is 4.57 Å². The summed E-state index contributed by atoms with van der Waals surface area (Å²) in [6.45, 7) is 0. The van der Waals surface area contributed by atoms with Crippen molar-refractivity contribution >= 4 is 13.5 Å². The lowest BCUT2D eigenvalue weighted by molar-refractivity contribution is 0.0922. The Labute approximate surface area is 182 Å². The molecule has 1 fully saturated rings. The van der Waals surface area contributed by atoms with Crippen LogP contribution >= 0.6 is 7.60 Å². The molecule has 1 aliphatic rings. The Morgan fingerprint density at radius 3 is 2.00 bits per heavy atom. The Morgan fingerprint density at radius 1 is 0.839 bits per heavy atom. The molecule has 2 aromatic carbocycles. The molecular formula is C24H25N2O4P. The average molecular weight is 436 g/mol. The van der Waals surface area contributed by atoms with Gasteiger partial charge in [0, 0.05) is 12.2 Å². The van der Waals surface area contributed by atoms with Crippen LogP contribution in [0.4, 0.5) is 0 Å². The molecule has 0 spiro atoms. The van der Waals surface area contributed by atoms with Gasteiger partial charge in [0.25, 0.3) is 5.91 Å². The molecule has 0 unspecified atom stereocenters. The number of para-hydroxylation sites is 2. The van der Waals surface area contributed by atoms with Gasteiger partial charge in [0.1, 0.15) is 22.9 Å². The third-order valence-corrected chi connectivity index (χ3v) is 7.66. The maximum absolute atomic E-state index is 14.2. The zero-order chi connectivity index (χ0) is 21.5. The summed E-state index contributed by atoms with van der Waals surface area (Å²) in [6.07, 6.45) is 4.73. The van der Waals surface area contributed by atoms with E-state index >= 15 is 0 Å². The standard InChI is InChI=1S/C24H25N2O4P/c27-24(22-16-9-10-18-25-22)26-21-15-7-8-17-23(21)31(28,29-19-11-3-1-4-12-19)30-20-13-5-2-6-14-20/h1-6,9-14,16,18,21,23H,7-8,15,17H2,(H,26,27)/t21-,23-/m0/s1. The first-order chi connectivity index (χ1) is 15.1. The van der Waals surface area contributed by atoms with Crippen LogP contribution in [0.5, 0.6) is 11.5 Å². The summed E-state index contributed by atoms with van der Waals surface area (Å²) in [7, 11) is -3.68. The van der Waals surface area contributed by atoms with Crippen LogP contribution in [0.3, 0.4) is 0 Å². The van der Waals surface area contributed by atoms with Gasteiger partial charge in [-0.05, 0) is 49.2 Å². The first-order valence-electron chi connectivity index (χ1n) is 10.4. The predicted octanol–water partition coefficient (Wildman–Crippen LogP) is 5.47. The van der Waals surface area contributed by atoms with Gasteiger partial charge in [0.15, 0.2) is 0 Å². The van der Waals surface area contributed by atoms with Crippen LogP contribution < -0.4 is 14.4 Å². The molecule has 1 saturated carbocycles. The van der Waals surface area contributed by atoms with E-state index in [4.69, 9.17) is 9.05 Å². The lowest BCUT2D eigenvalue weighted by Gasteiger charge is -2.36. The van der Waals surface area contributed by atoms with E-state index in [2.05, 4.69) is 10.3 Å². The quantitative estimate of drug-likeness (QED) is 0.497. The van der Waals surface area contributed by atoms with Crippen molar-refractivity contribution in [1.82, 2.24) is 10.3 Å². The monoisotopic (exact) mass is 436 g/mol. The van der Waals surface area contributed by atoms with Crippen LogP contribution in [0.2, 0.25) is 0 Å². The summed E-state index contributed by atoms with van der Waals surface area (Å²) < 4.78 is 26.3. The third-order valence-electron chi connectivity index (χ3n) is 5.30. The lowest BCUT2D eigenvalue weighted by atomic mass is 9.94. The summed E-state index contributed by atoms with van der Waals surface area (Å²) in [5.74, 6) is 0.660. The molecule has 6 nitrogen and oxygen atoms in total. The van der Waals surface area contributed by atoms with E-state index < -0.39 is 13.3 Å². The topological polar surface area (TPSA) is 77.5 Å². The van der Waals surface area contributed by atoms with E-state index in [1.165, 1.54) is 0 Å². The lowest BCUT2D eigenvalue weighted by Crippen LogP contribution is -2.46. The minimum Gasteiger partial charge on any atom is -0.416 e. The molecular weight excluding hydrogens is 411 g/mol. The molecule has 1 N–H and O–H groups in total. The largest absolute Gasteiger partial charge is 0.435 e. The Bertz CT molecular complexity index is 986. The van der Waals surface area contributed by atoms with Gasteiger partial charge in [-0.2, -0.15) is 0 Å². The summed E-state index contributed by atoms with van der Waals surface area (Å²) in [5.41, 5.74) is -0.149. The van der Waals surface area contributed by atoms with Gasteiger partial charge in [0.2, 0.25) is 0 Å². The van der Waals surface area contributed by atoms with E-state index in [-0.39, 0.29) is 11.9 Å². The highest BCUT2D eigenvalue weighted by Crippen LogP contribution is 2.57. The van der Waals surface area contributed by atoms with E-state index in [9.17, 15) is 9.36 Å². The number of carbonyl (C=O) groups is 1. The van der Waals surface area contributed by atoms with Crippen molar-refractivity contribution in [2.24, 2.45) is 0 Å². The highest BCUT2D eigenvalue weighted by atomic mass is 31.2. The van der Waals surface area contributed by atoms with Gasteiger partial charge in [-0.15, -0.1) is 0 Å². The maximum Gasteiger partial charge on any atom is 0.435 e. The number of amides is 1. The SMILES string of the molecule is O=C(N[C@H]1CCCC[C@@H]1P(=O)(Oc1ccccc1)Oc1ccccc1)c1ccccn1. The minimum absolute atomic E-state index is 0.288. The normalized spacial score (nSPS) is 18.7. The first-order valence-corrected chi connectivity index (χ1v) is 12.1. The van der Waals surface area contributed by atoms with Crippen molar-refractivity contribution < 1.29 is 18.4 Å². The van der Waals surface area contributed by atoms with Crippen molar-refractivity contribution in [3.8, 4) is 11.5 Å². The third kappa shape index (κ3) is 5.33. The fourth-order valence-corrected chi connectivity index (χ4v) is 6.11. The predicted molar refractivity (Wildman–Crippen MR) is 119 cm³/mol. The summed E-state index contributed by atoms with van der Waals surface area (Å²) >= 11 is 0. The Balaban J connectivity index is 1.62. The second-order valence-electron chi connectivity index (χ2n) is 7.50. The molecule has 0 bridgehead atoms. The van der Waals surface area contributed by atoms with Gasteiger partial charge in [-0.3, -0.25) is 9.78 Å². The Kier molecular flexibility index (Phi) is 6.68. The van der Waals surface area contributed by atoms with Crippen LogP contribution in [-0.4, -0.2) is 22.6 Å². The number of pyridine rings is 1. The van der Waals surface area contributed by atoms with E-state index in [1.807, 2.05) is 36.4 Å². The summed E-state index contributed by atoms with van der Waals surface area (Å²) in [5, 5.41) is 3.03. The molecule has 0 saturated heterocycles. The van der Waals surface area contributed by atoms with Crippen LogP contribution in [0.15, 0.2) is 85.1 Å². The van der Waals surface area contributed by atoms with Crippen LogP contribution in [0.1, 0.15) is 36.2 Å². The van der Waals surface area contributed by atoms with Gasteiger partial charge < -0.3 is 14.4 Å². The number of rotatable bonds is 7. The Morgan fingerprint density at radius 2 is 1.42 bits per heavy atom. The second-order valence-corrected chi connectivity index (χ2v) is 9.60. The molecule has 31 heavy (non-hydrogen) atoms. The van der Waals surface area contributed by atoms with E-state index in [1.54, 1.807) is 48.7 Å². The van der Waals surface area contributed by atoms with Crippen LogP contribution in [0, 0.1) is 0 Å². The number of carbonyl (C=O) groups excluding carboxylic acids is 1. The zero-order valence-electron chi connectivity index (χ0n) is 17.1. The van der Waals surface area contributed by atoms with Crippen molar-refractivity contribution in [2.45, 2.75) is 37.4 Å². The number of nitrogens with zero attached hydrogens (tertiary/aromatic N) is 1. The molecule has 1 aliphatic carbocycles. The number of benzene rings is 2. The van der Waals surface area contributed by atoms with Gasteiger partial charge in [0.05, 0.1) is 0 Å². The van der Waals surface area contributed by atoms with Gasteiger partial charge in [-0.25, -0.2) is 4.57 Å². The van der Waals surface area contributed by atoms with Gasteiger partial charge in [-0.1, -0.05) is 55.3 Å². The fourth-order valence-electron chi connectivity index (χ4n) is 3.81. The van der Waals surface area contributed by atoms with E-state index in [0.29, 0.717) is 30.0 Å². The molecule has 4 rings (SSSR count). The second kappa shape index (κ2) is 9.80. The molecule has 3 aromatic rings. The minimum atomic E-state index is -3.68. The van der Waals surface area contributed by atoms with Crippen molar-refractivity contribution in [1.29, 1.82) is 0 Å². The summed E-state index contributed by atoms with van der Waals surface area (Å²) in [6, 6.07) is 22.9. The highest BCUT2D eigenvalue weighted by molar-refractivity contribution is 7.55. The fraction of sp³-hybridized carbons (Fsp3) is 0.250. The molecule has 1 aromatic heterocycles. The number of hydrogen-bond donors (Lipinski definition) is 1. The van der Waals surface area contributed by atoms with Crippen molar-refractivity contribution in [2.75, 3.05) is 0 Å². The number of nitrogens with one attached hydrogen (secondary N) is 1. The van der Waals surface area contributed by atoms with E-state index in [0.717, 1.165) is 12.8 Å². The molecule has 0 radical (unpaired) electrons. The molecule has 1 amide bonds. The van der Waals surface area contributed by atoms with Crippen molar-refractivity contribution in [3.63, 3.8) is 0 Å². The molecule has 0 aliphatic heterocycles. The Hall–Kier alpha value is -3.11. The van der Waals surface area contributed by atoms with Crippen molar-refractivity contribution in [3.05, 3.63) is 90.8 Å². The number of hydrogen-bond acceptors (Lipinski definition) is 5. The molecule has 7 heteroatoms. The molecule has 1 heterocycles.